The molecule has 1 heterocycles. The van der Waals surface area contributed by atoms with Crippen LogP contribution in [0.3, 0.4) is 0 Å². The first kappa shape index (κ1) is 13.6. The smallest absolute Gasteiger partial charge is 0.175 e. The van der Waals surface area contributed by atoms with E-state index in [0.29, 0.717) is 12.4 Å². The van der Waals surface area contributed by atoms with Crippen molar-refractivity contribution in [2.24, 2.45) is 0 Å². The molecule has 1 aromatic heterocycles. The van der Waals surface area contributed by atoms with Gasteiger partial charge in [-0.2, -0.15) is 0 Å². The number of benzene rings is 1. The summed E-state index contributed by atoms with van der Waals surface area (Å²) in [4.78, 5) is 0. The zero-order valence-corrected chi connectivity index (χ0v) is 12.1. The molecule has 0 radical (unpaired) electrons. The predicted octanol–water partition coefficient (Wildman–Crippen LogP) is 3.57. The molecule has 0 aliphatic rings. The maximum Gasteiger partial charge on any atom is 0.175 e. The largest absolute Gasteiger partial charge is 0.490 e. The zero-order valence-electron chi connectivity index (χ0n) is 9.63. The van der Waals surface area contributed by atoms with Gasteiger partial charge in [-0.15, -0.1) is 10.2 Å². The second-order valence-electron chi connectivity index (χ2n) is 3.17. The Kier molecular flexibility index (Phi) is 5.27. The van der Waals surface area contributed by atoms with Crippen LogP contribution in [0.4, 0.5) is 4.39 Å². The van der Waals surface area contributed by atoms with Gasteiger partial charge >= 0.3 is 0 Å². The molecule has 0 N–H and O–H groups in total. The Morgan fingerprint density at radius 3 is 2.78 bits per heavy atom. The molecule has 96 valence electrons. The molecule has 18 heavy (non-hydrogen) atoms. The Bertz CT molecular complexity index is 507. The fraction of sp³-hybridized carbons (Fsp3) is 0.273. The fourth-order valence-electron chi connectivity index (χ4n) is 1.18. The van der Waals surface area contributed by atoms with E-state index in [4.69, 9.17) is 4.74 Å². The third-order valence-electron chi connectivity index (χ3n) is 1.97. The molecule has 1 aromatic carbocycles. The molecular formula is C11H11FN2OS3. The van der Waals surface area contributed by atoms with Crippen LogP contribution >= 0.6 is 34.9 Å². The van der Waals surface area contributed by atoms with Gasteiger partial charge in [0, 0.05) is 5.75 Å². The Hall–Kier alpha value is -0.790. The van der Waals surface area contributed by atoms with Crippen LogP contribution < -0.4 is 4.74 Å². The van der Waals surface area contributed by atoms with Crippen molar-refractivity contribution >= 4 is 34.9 Å². The van der Waals surface area contributed by atoms with Crippen LogP contribution in [0, 0.1) is 5.82 Å². The lowest BCUT2D eigenvalue weighted by Gasteiger charge is -2.05. The van der Waals surface area contributed by atoms with Crippen molar-refractivity contribution in [1.29, 1.82) is 0 Å². The molecule has 0 fully saturated rings. The van der Waals surface area contributed by atoms with Crippen LogP contribution in [-0.4, -0.2) is 28.8 Å². The van der Waals surface area contributed by atoms with Gasteiger partial charge in [-0.05, 0) is 18.4 Å². The van der Waals surface area contributed by atoms with Crippen LogP contribution in [0.2, 0.25) is 0 Å². The van der Waals surface area contributed by atoms with E-state index < -0.39 is 0 Å². The van der Waals surface area contributed by atoms with Crippen LogP contribution in [0.15, 0.2) is 32.9 Å². The van der Waals surface area contributed by atoms with Gasteiger partial charge in [0.2, 0.25) is 0 Å². The minimum atomic E-state index is -0.330. The average Bonchev–Trinajstić information content (AvgIpc) is 2.84. The van der Waals surface area contributed by atoms with Crippen molar-refractivity contribution in [2.45, 2.75) is 8.68 Å². The highest BCUT2D eigenvalue weighted by molar-refractivity contribution is 8.02. The van der Waals surface area contributed by atoms with E-state index in [1.807, 2.05) is 6.26 Å². The summed E-state index contributed by atoms with van der Waals surface area (Å²) >= 11 is 4.70. The second kappa shape index (κ2) is 6.96. The molecule has 0 spiro atoms. The number of hydrogen-bond acceptors (Lipinski definition) is 6. The normalized spacial score (nSPS) is 10.6. The number of thioether (sulfide) groups is 2. The number of halogens is 1. The summed E-state index contributed by atoms with van der Waals surface area (Å²) in [7, 11) is 0. The SMILES string of the molecule is CSc1nnc(SCCOc2ccccc2F)s1. The van der Waals surface area contributed by atoms with Gasteiger partial charge in [0.1, 0.15) is 0 Å². The molecule has 2 rings (SSSR count). The Morgan fingerprint density at radius 1 is 1.28 bits per heavy atom. The van der Waals surface area contributed by atoms with E-state index in [1.54, 1.807) is 53.1 Å². The Balaban J connectivity index is 1.74. The van der Waals surface area contributed by atoms with Crippen molar-refractivity contribution in [3.05, 3.63) is 30.1 Å². The molecule has 0 unspecified atom stereocenters. The molecule has 0 aliphatic heterocycles. The highest BCUT2D eigenvalue weighted by Gasteiger charge is 2.04. The molecule has 0 saturated heterocycles. The summed E-state index contributed by atoms with van der Waals surface area (Å²) in [6.07, 6.45) is 1.97. The standard InChI is InChI=1S/C11H11FN2OS3/c1-16-10-13-14-11(18-10)17-7-6-15-9-5-3-2-4-8(9)12/h2-5H,6-7H2,1H3. The lowest BCUT2D eigenvalue weighted by atomic mass is 10.3. The number of ether oxygens (including phenoxy) is 1. The van der Waals surface area contributed by atoms with Crippen molar-refractivity contribution in [1.82, 2.24) is 10.2 Å². The number of hydrogen-bond donors (Lipinski definition) is 0. The Labute approximate surface area is 117 Å². The van der Waals surface area contributed by atoms with Gasteiger partial charge in [0.25, 0.3) is 0 Å². The molecule has 0 aliphatic carbocycles. The lowest BCUT2D eigenvalue weighted by Crippen LogP contribution is -2.01. The summed E-state index contributed by atoms with van der Waals surface area (Å²) in [5.41, 5.74) is 0. The molecule has 7 heteroatoms. The quantitative estimate of drug-likeness (QED) is 0.602. The predicted molar refractivity (Wildman–Crippen MR) is 74.3 cm³/mol. The third kappa shape index (κ3) is 3.86. The Morgan fingerprint density at radius 2 is 2.06 bits per heavy atom. The van der Waals surface area contributed by atoms with Crippen molar-refractivity contribution in [3.8, 4) is 5.75 Å². The topological polar surface area (TPSA) is 35.0 Å². The lowest BCUT2D eigenvalue weighted by molar-refractivity contribution is 0.325. The third-order valence-corrected chi connectivity index (χ3v) is 4.96. The van der Waals surface area contributed by atoms with Crippen LogP contribution in [-0.2, 0) is 0 Å². The van der Waals surface area contributed by atoms with Gasteiger partial charge in [-0.25, -0.2) is 4.39 Å². The molecule has 3 nitrogen and oxygen atoms in total. The maximum absolute atomic E-state index is 13.2. The van der Waals surface area contributed by atoms with Gasteiger partial charge in [-0.3, -0.25) is 0 Å². The van der Waals surface area contributed by atoms with E-state index >= 15 is 0 Å². The molecule has 0 atom stereocenters. The molecule has 0 bridgehead atoms. The number of aromatic nitrogens is 2. The van der Waals surface area contributed by atoms with E-state index in [0.717, 1.165) is 14.4 Å². The van der Waals surface area contributed by atoms with Gasteiger partial charge < -0.3 is 4.74 Å². The molecule has 0 saturated carbocycles. The average molecular weight is 302 g/mol. The molecule has 2 aromatic rings. The van der Waals surface area contributed by atoms with Gasteiger partial charge in [0.15, 0.2) is 20.2 Å². The summed E-state index contributed by atoms with van der Waals surface area (Å²) < 4.78 is 20.4. The van der Waals surface area contributed by atoms with Crippen LogP contribution in [0.25, 0.3) is 0 Å². The van der Waals surface area contributed by atoms with Crippen LogP contribution in [0.5, 0.6) is 5.75 Å². The summed E-state index contributed by atoms with van der Waals surface area (Å²) in [6, 6.07) is 6.40. The summed E-state index contributed by atoms with van der Waals surface area (Å²) in [6.45, 7) is 0.444. The molecule has 0 amide bonds. The molecular weight excluding hydrogens is 291 g/mol. The highest BCUT2D eigenvalue weighted by Crippen LogP contribution is 2.27. The van der Waals surface area contributed by atoms with E-state index in [1.165, 1.54) is 6.07 Å². The fourth-order valence-corrected chi connectivity index (χ4v) is 3.51. The first-order valence-electron chi connectivity index (χ1n) is 5.17. The number of rotatable bonds is 6. The van der Waals surface area contributed by atoms with Gasteiger partial charge in [0.05, 0.1) is 6.61 Å². The zero-order chi connectivity index (χ0) is 12.8. The first-order valence-corrected chi connectivity index (χ1v) is 8.20. The maximum atomic E-state index is 13.2. The number of nitrogens with zero attached hydrogens (tertiary/aromatic N) is 2. The first-order chi connectivity index (χ1) is 8.79. The minimum Gasteiger partial charge on any atom is -0.490 e. The van der Waals surface area contributed by atoms with Crippen molar-refractivity contribution < 1.29 is 9.13 Å². The van der Waals surface area contributed by atoms with Crippen molar-refractivity contribution in [2.75, 3.05) is 18.6 Å². The second-order valence-corrected chi connectivity index (χ2v) is 6.54. The van der Waals surface area contributed by atoms with Crippen molar-refractivity contribution in [3.63, 3.8) is 0 Å². The van der Waals surface area contributed by atoms with E-state index in [-0.39, 0.29) is 5.82 Å². The number of para-hydroxylation sites is 1. The van der Waals surface area contributed by atoms with Crippen LogP contribution in [0.1, 0.15) is 0 Å². The van der Waals surface area contributed by atoms with E-state index in [2.05, 4.69) is 10.2 Å². The highest BCUT2D eigenvalue weighted by atomic mass is 32.2. The summed E-state index contributed by atoms with van der Waals surface area (Å²) in [5.74, 6) is 0.681. The summed E-state index contributed by atoms with van der Waals surface area (Å²) in [5, 5.41) is 8.03. The monoisotopic (exact) mass is 302 g/mol. The minimum absolute atomic E-state index is 0.292. The van der Waals surface area contributed by atoms with E-state index in [9.17, 15) is 4.39 Å². The van der Waals surface area contributed by atoms with Gasteiger partial charge in [-0.1, -0.05) is 47.0 Å².